The molecule has 1 aromatic heterocycles. The molecule has 1 N–H and O–H groups in total. The first-order valence-corrected chi connectivity index (χ1v) is 32.0. The molecular weight excluding hydrogens is 1020 g/mol. The quantitative estimate of drug-likeness (QED) is 0.254. The smallest absolute Gasteiger partial charge is 0.250 e. The number of halogens is 4. The molecule has 7 aliphatic heterocycles. The second kappa shape index (κ2) is 34.8. The molecule has 0 spiro atoms. The van der Waals surface area contributed by atoms with Gasteiger partial charge in [0.15, 0.2) is 0 Å². The summed E-state index contributed by atoms with van der Waals surface area (Å²) in [5, 5.41) is 3.35. The van der Waals surface area contributed by atoms with E-state index in [1.807, 2.05) is 12.5 Å². The summed E-state index contributed by atoms with van der Waals surface area (Å²) in [6.45, 7) is 71.3. The van der Waals surface area contributed by atoms with E-state index in [1.165, 1.54) is 71.4 Å². The zero-order chi connectivity index (χ0) is 62.3. The normalized spacial score (nSPS) is 23.1. The van der Waals surface area contributed by atoms with Crippen LogP contribution < -0.4 is 5.32 Å². The Labute approximate surface area is 499 Å². The van der Waals surface area contributed by atoms with Crippen molar-refractivity contribution in [2.24, 2.45) is 0 Å². The van der Waals surface area contributed by atoms with Gasteiger partial charge < -0.3 is 14.6 Å². The van der Waals surface area contributed by atoms with Crippen LogP contribution in [0.15, 0.2) is 18.7 Å². The molecule has 8 heterocycles. The van der Waals surface area contributed by atoms with Gasteiger partial charge in [0.1, 0.15) is 12.3 Å². The summed E-state index contributed by atoms with van der Waals surface area (Å²) in [6, 6.07) is 0. The van der Waals surface area contributed by atoms with E-state index < -0.39 is 18.3 Å². The van der Waals surface area contributed by atoms with Gasteiger partial charge in [-0.2, -0.15) is 0 Å². The maximum Gasteiger partial charge on any atom is 0.250 e. The fourth-order valence-electron chi connectivity index (χ4n) is 10.5. The number of ether oxygens (including phenoxy) is 1. The van der Waals surface area contributed by atoms with Crippen molar-refractivity contribution in [3.05, 3.63) is 18.7 Å². The zero-order valence-electron chi connectivity index (χ0n) is 57.6. The number of hydrogen-bond donors (Lipinski definition) is 1. The molecule has 0 saturated carbocycles. The molecule has 1 atom stereocenters. The average molecular weight is 1160 g/mol. The molecule has 0 aromatic carbocycles. The van der Waals surface area contributed by atoms with Crippen LogP contribution in [-0.2, 0) is 10.3 Å². The lowest BCUT2D eigenvalue weighted by Gasteiger charge is -2.40. The summed E-state index contributed by atoms with van der Waals surface area (Å²) >= 11 is 0. The Kier molecular flexibility index (Phi) is 33.3. The van der Waals surface area contributed by atoms with Crippen molar-refractivity contribution in [1.82, 2.24) is 49.2 Å². The highest BCUT2D eigenvalue weighted by atomic mass is 19.3. The molecule has 0 radical (unpaired) electrons. The second-order valence-electron chi connectivity index (χ2n) is 31.8. The lowest BCUT2D eigenvalue weighted by Crippen LogP contribution is -2.51. The Morgan fingerprint density at radius 2 is 0.716 bits per heavy atom. The fourth-order valence-corrected chi connectivity index (χ4v) is 10.5. The van der Waals surface area contributed by atoms with Crippen LogP contribution in [0.3, 0.4) is 0 Å². The lowest BCUT2D eigenvalue weighted by molar-refractivity contribution is -0.0713. The minimum atomic E-state index is -2.41. The third kappa shape index (κ3) is 34.5. The van der Waals surface area contributed by atoms with Crippen molar-refractivity contribution >= 4 is 0 Å². The van der Waals surface area contributed by atoms with E-state index in [2.05, 4.69) is 215 Å². The number of hydrogen-bond acceptors (Lipinski definition) is 10. The summed E-state index contributed by atoms with van der Waals surface area (Å²) < 4.78 is 58.2. The van der Waals surface area contributed by atoms with E-state index in [9.17, 15) is 17.6 Å². The molecule has 0 aliphatic carbocycles. The van der Waals surface area contributed by atoms with Crippen LogP contribution >= 0.6 is 0 Å². The van der Waals surface area contributed by atoms with Crippen LogP contribution in [0, 0.1) is 0 Å². The Bertz CT molecular complexity index is 1610. The van der Waals surface area contributed by atoms with Gasteiger partial charge in [-0.25, -0.2) is 22.5 Å². The van der Waals surface area contributed by atoms with Crippen molar-refractivity contribution in [3.63, 3.8) is 0 Å². The number of piperazine rings is 1. The summed E-state index contributed by atoms with van der Waals surface area (Å²) in [6.07, 6.45) is 13.7. The molecule has 7 saturated heterocycles. The Balaban J connectivity index is 0.000000463. The van der Waals surface area contributed by atoms with Gasteiger partial charge in [-0.15, -0.1) is 0 Å². The molecule has 11 nitrogen and oxygen atoms in total. The molecule has 0 bridgehead atoms. The van der Waals surface area contributed by atoms with Gasteiger partial charge in [0.25, 0.3) is 5.92 Å². The third-order valence-electron chi connectivity index (χ3n) is 16.6. The number of rotatable bonds is 0. The van der Waals surface area contributed by atoms with Crippen LogP contribution in [0.2, 0.25) is 0 Å². The average Bonchev–Trinajstić information content (AvgIpc) is 4.18. The maximum absolute atomic E-state index is 12.7. The van der Waals surface area contributed by atoms with E-state index in [0.29, 0.717) is 41.8 Å². The van der Waals surface area contributed by atoms with Gasteiger partial charge in [0, 0.05) is 148 Å². The molecule has 1 aromatic rings. The number of alkyl halides is 4. The van der Waals surface area contributed by atoms with Gasteiger partial charge >= 0.3 is 0 Å². The molecule has 482 valence electrons. The first-order chi connectivity index (χ1) is 36.8. The van der Waals surface area contributed by atoms with Crippen molar-refractivity contribution < 1.29 is 22.3 Å². The van der Waals surface area contributed by atoms with Gasteiger partial charge in [-0.3, -0.25) is 34.3 Å². The summed E-state index contributed by atoms with van der Waals surface area (Å²) in [5.74, 6) is -2.41. The number of likely N-dealkylation sites (tertiary alicyclic amines) is 5. The van der Waals surface area contributed by atoms with Crippen LogP contribution in [0.4, 0.5) is 17.6 Å². The van der Waals surface area contributed by atoms with Crippen molar-refractivity contribution in [3.8, 4) is 0 Å². The minimum Gasteiger partial charge on any atom is -0.379 e. The van der Waals surface area contributed by atoms with Crippen LogP contribution in [0.5, 0.6) is 0 Å². The van der Waals surface area contributed by atoms with Crippen LogP contribution in [0.1, 0.15) is 230 Å². The van der Waals surface area contributed by atoms with E-state index in [0.717, 1.165) is 78.3 Å². The van der Waals surface area contributed by atoms with Crippen molar-refractivity contribution in [2.45, 2.75) is 293 Å². The van der Waals surface area contributed by atoms with E-state index >= 15 is 0 Å². The summed E-state index contributed by atoms with van der Waals surface area (Å²) in [7, 11) is 0. The molecule has 81 heavy (non-hydrogen) atoms. The standard InChI is InChI=1S/C9H17F2N.C9H18FN.C9H19N.C8H16FN.C8H18N2.C8H17NO.C8H17N.C7H12N2/c1-8(2,3)12-6-4-9(10,11)5-7-12;1-9(2,3)11-6-4-8(10)5-7-11;1-9(2,3)10-7-5-4-6-8-10;1-8(2,3)10-5-4-7(9)6-10;1-8(2,3)10-6-4-9-5-7-10;1-8(2,3)9-4-6-10-7-5-9;1-8(2,3)9-6-4-5-7-9;1-7(2,3)9-5-4-8-6-9/h4-7H2,1-3H3;8H,4-7H2,1-3H3;4-8H2,1-3H3;7H,4-6H2,1-3H3;9H,4-7H2,1-3H3;4-7H2,1-3H3;4-7H2,1-3H3;4-6H,1-3H3. The van der Waals surface area contributed by atoms with E-state index in [1.54, 1.807) is 6.20 Å². The predicted molar refractivity (Wildman–Crippen MR) is 341 cm³/mol. The maximum atomic E-state index is 12.7. The fraction of sp³-hybridized carbons (Fsp3) is 0.955. The lowest BCUT2D eigenvalue weighted by atomic mass is 9.99. The summed E-state index contributed by atoms with van der Waals surface area (Å²) in [5.41, 5.74) is 2.09. The van der Waals surface area contributed by atoms with Gasteiger partial charge in [-0.05, 0) is 237 Å². The van der Waals surface area contributed by atoms with Gasteiger partial charge in [-0.1, -0.05) is 6.42 Å². The first-order valence-electron chi connectivity index (χ1n) is 32.0. The van der Waals surface area contributed by atoms with E-state index in [-0.39, 0.29) is 35.0 Å². The van der Waals surface area contributed by atoms with Crippen molar-refractivity contribution in [1.29, 1.82) is 0 Å². The number of nitrogens with zero attached hydrogens (tertiary/aromatic N) is 9. The molecule has 1 unspecified atom stereocenters. The monoisotopic (exact) mass is 1160 g/mol. The SMILES string of the molecule is CC(C)(C)N1CCC(F)(F)CC1.CC(C)(C)N1CCC(F)C1.CC(C)(C)N1CCC(F)CC1.CC(C)(C)N1CCCC1.CC(C)(C)N1CCCCC1.CC(C)(C)N1CCNCC1.CC(C)(C)N1CCOCC1.CC(C)(C)n1ccnc1. The highest BCUT2D eigenvalue weighted by Gasteiger charge is 2.37. The highest BCUT2D eigenvalue weighted by Crippen LogP contribution is 2.31. The number of piperidine rings is 3. The largest absolute Gasteiger partial charge is 0.379 e. The molecule has 8 rings (SSSR count). The second-order valence-corrected chi connectivity index (χ2v) is 31.8. The van der Waals surface area contributed by atoms with Crippen LogP contribution in [0.25, 0.3) is 0 Å². The van der Waals surface area contributed by atoms with E-state index in [4.69, 9.17) is 4.74 Å². The highest BCUT2D eigenvalue weighted by molar-refractivity contribution is 4.88. The first kappa shape index (κ1) is 77.6. The summed E-state index contributed by atoms with van der Waals surface area (Å²) in [4.78, 5) is 20.7. The zero-order valence-corrected chi connectivity index (χ0v) is 57.6. The Hall–Kier alpha value is -1.43. The molecule has 0 amide bonds. The Morgan fingerprint density at radius 1 is 0.395 bits per heavy atom. The molecule has 15 heteroatoms. The number of morpholine rings is 1. The van der Waals surface area contributed by atoms with Crippen molar-refractivity contribution in [2.75, 3.05) is 118 Å². The number of aromatic nitrogens is 2. The predicted octanol–water partition coefficient (Wildman–Crippen LogP) is 14.2. The number of nitrogens with one attached hydrogen (secondary N) is 1. The molecular formula is C66H134F4N10O. The number of imidazole rings is 1. The van der Waals surface area contributed by atoms with Crippen LogP contribution in [-0.4, -0.2) is 219 Å². The minimum absolute atomic E-state index is 0.0181. The molecule has 7 aliphatic rings. The topological polar surface area (TPSA) is 61.8 Å². The van der Waals surface area contributed by atoms with Gasteiger partial charge in [0.05, 0.1) is 19.5 Å². The Morgan fingerprint density at radius 3 is 0.988 bits per heavy atom. The third-order valence-corrected chi connectivity index (χ3v) is 16.6. The molecule has 7 fully saturated rings. The van der Waals surface area contributed by atoms with Gasteiger partial charge in [0.2, 0.25) is 0 Å².